The molecule has 0 aliphatic heterocycles. The van der Waals surface area contributed by atoms with E-state index >= 15 is 0 Å². The third-order valence-electron chi connectivity index (χ3n) is 2.79. The number of rotatable bonds is 7. The highest BCUT2D eigenvalue weighted by atomic mass is 16.5. The fraction of sp³-hybridized carbons (Fsp3) is 0.467. The molecule has 20 heavy (non-hydrogen) atoms. The Kier molecular flexibility index (Phi) is 6.03. The summed E-state index contributed by atoms with van der Waals surface area (Å²) in [5.74, 6) is -0.642. The van der Waals surface area contributed by atoms with Gasteiger partial charge in [0.25, 0.3) is 5.91 Å². The van der Waals surface area contributed by atoms with Crippen molar-refractivity contribution >= 4 is 11.9 Å². The predicted molar refractivity (Wildman–Crippen MR) is 75.7 cm³/mol. The molecular weight excluding hydrogens is 258 g/mol. The van der Waals surface area contributed by atoms with E-state index in [-0.39, 0.29) is 12.5 Å². The number of nitrogens with one attached hydrogen (secondary N) is 1. The summed E-state index contributed by atoms with van der Waals surface area (Å²) < 4.78 is 5.38. The van der Waals surface area contributed by atoms with Crippen LogP contribution in [0, 0.1) is 12.8 Å². The molecule has 5 heteroatoms. The van der Waals surface area contributed by atoms with Gasteiger partial charge in [0.2, 0.25) is 0 Å². The Balaban J connectivity index is 2.50. The molecule has 1 atom stereocenters. The van der Waals surface area contributed by atoms with Gasteiger partial charge >= 0.3 is 5.97 Å². The maximum Gasteiger partial charge on any atom is 0.326 e. The van der Waals surface area contributed by atoms with Crippen LogP contribution < -0.4 is 10.1 Å². The van der Waals surface area contributed by atoms with Gasteiger partial charge < -0.3 is 15.2 Å². The van der Waals surface area contributed by atoms with Gasteiger partial charge in [-0.05, 0) is 30.9 Å². The van der Waals surface area contributed by atoms with Crippen molar-refractivity contribution in [3.05, 3.63) is 29.8 Å². The van der Waals surface area contributed by atoms with Crippen LogP contribution in [0.2, 0.25) is 0 Å². The van der Waals surface area contributed by atoms with E-state index in [4.69, 9.17) is 9.84 Å². The van der Waals surface area contributed by atoms with Crippen LogP contribution in [0.25, 0.3) is 0 Å². The van der Waals surface area contributed by atoms with Gasteiger partial charge in [-0.25, -0.2) is 4.79 Å². The van der Waals surface area contributed by atoms with Crippen molar-refractivity contribution in [2.75, 3.05) is 6.61 Å². The number of hydrogen-bond donors (Lipinski definition) is 2. The maximum atomic E-state index is 11.7. The van der Waals surface area contributed by atoms with E-state index in [1.165, 1.54) is 0 Å². The molecule has 1 aromatic rings. The fourth-order valence-corrected chi connectivity index (χ4v) is 1.79. The molecule has 0 radical (unpaired) electrons. The van der Waals surface area contributed by atoms with Crippen LogP contribution in [0.1, 0.15) is 25.8 Å². The Labute approximate surface area is 118 Å². The lowest BCUT2D eigenvalue weighted by molar-refractivity contribution is -0.142. The minimum Gasteiger partial charge on any atom is -0.484 e. The summed E-state index contributed by atoms with van der Waals surface area (Å²) in [4.78, 5) is 22.8. The minimum atomic E-state index is -1.03. The SMILES string of the molecule is Cc1ccccc1OCC(=O)NC(CC(C)C)C(=O)O. The number of carboxylic acids is 1. The lowest BCUT2D eigenvalue weighted by atomic mass is 10.0. The Morgan fingerprint density at radius 2 is 1.95 bits per heavy atom. The highest BCUT2D eigenvalue weighted by Crippen LogP contribution is 2.15. The molecule has 0 aliphatic carbocycles. The first-order valence-electron chi connectivity index (χ1n) is 6.60. The zero-order valence-corrected chi connectivity index (χ0v) is 12.1. The molecule has 0 spiro atoms. The maximum absolute atomic E-state index is 11.7. The number of hydrogen-bond acceptors (Lipinski definition) is 3. The molecule has 0 aromatic heterocycles. The summed E-state index contributed by atoms with van der Waals surface area (Å²) in [6.45, 7) is 5.51. The molecule has 0 bridgehead atoms. The average molecular weight is 279 g/mol. The predicted octanol–water partition coefficient (Wildman–Crippen LogP) is 1.99. The number of aliphatic carboxylic acids is 1. The topological polar surface area (TPSA) is 75.6 Å². The van der Waals surface area contributed by atoms with Crippen molar-refractivity contribution < 1.29 is 19.4 Å². The number of carboxylic acid groups (broad SMARTS) is 1. The summed E-state index contributed by atoms with van der Waals surface area (Å²) in [7, 11) is 0. The molecule has 110 valence electrons. The number of benzene rings is 1. The quantitative estimate of drug-likeness (QED) is 0.800. The molecule has 1 amide bonds. The van der Waals surface area contributed by atoms with Crippen LogP contribution in [0.5, 0.6) is 5.75 Å². The van der Waals surface area contributed by atoms with Gasteiger partial charge in [0.1, 0.15) is 11.8 Å². The van der Waals surface area contributed by atoms with Crippen molar-refractivity contribution in [3.63, 3.8) is 0 Å². The van der Waals surface area contributed by atoms with Gasteiger partial charge in [-0.15, -0.1) is 0 Å². The Hall–Kier alpha value is -2.04. The van der Waals surface area contributed by atoms with E-state index < -0.39 is 17.9 Å². The zero-order valence-electron chi connectivity index (χ0n) is 12.1. The van der Waals surface area contributed by atoms with Crippen LogP contribution in [-0.2, 0) is 9.59 Å². The largest absolute Gasteiger partial charge is 0.484 e. The third-order valence-corrected chi connectivity index (χ3v) is 2.79. The minimum absolute atomic E-state index is 0.188. The lowest BCUT2D eigenvalue weighted by Gasteiger charge is -2.16. The van der Waals surface area contributed by atoms with Crippen LogP contribution in [0.15, 0.2) is 24.3 Å². The van der Waals surface area contributed by atoms with Crippen LogP contribution in [0.3, 0.4) is 0 Å². The monoisotopic (exact) mass is 279 g/mol. The number of para-hydroxylation sites is 1. The fourth-order valence-electron chi connectivity index (χ4n) is 1.79. The van der Waals surface area contributed by atoms with Crippen molar-refractivity contribution in [1.82, 2.24) is 5.32 Å². The molecule has 5 nitrogen and oxygen atoms in total. The first kappa shape index (κ1) is 16.0. The van der Waals surface area contributed by atoms with Crippen molar-refractivity contribution in [3.8, 4) is 5.75 Å². The first-order chi connectivity index (χ1) is 9.40. The molecule has 0 aliphatic rings. The summed E-state index contributed by atoms with van der Waals surface area (Å²) in [5.41, 5.74) is 0.928. The lowest BCUT2D eigenvalue weighted by Crippen LogP contribution is -2.43. The summed E-state index contributed by atoms with van der Waals surface area (Å²) in [6.07, 6.45) is 0.394. The van der Waals surface area contributed by atoms with Crippen LogP contribution in [0.4, 0.5) is 0 Å². The second kappa shape index (κ2) is 7.53. The average Bonchev–Trinajstić information content (AvgIpc) is 2.36. The Bertz CT molecular complexity index is 471. The first-order valence-corrected chi connectivity index (χ1v) is 6.60. The molecule has 2 N–H and O–H groups in total. The van der Waals surface area contributed by atoms with Crippen molar-refractivity contribution in [2.24, 2.45) is 5.92 Å². The Morgan fingerprint density at radius 3 is 2.50 bits per heavy atom. The van der Waals surface area contributed by atoms with Gasteiger partial charge in [0, 0.05) is 0 Å². The van der Waals surface area contributed by atoms with Gasteiger partial charge in [0.15, 0.2) is 6.61 Å². The molecule has 1 unspecified atom stereocenters. The van der Waals surface area contributed by atoms with E-state index in [9.17, 15) is 9.59 Å². The van der Waals surface area contributed by atoms with E-state index in [0.29, 0.717) is 12.2 Å². The van der Waals surface area contributed by atoms with E-state index in [0.717, 1.165) is 5.56 Å². The van der Waals surface area contributed by atoms with Gasteiger partial charge in [-0.2, -0.15) is 0 Å². The van der Waals surface area contributed by atoms with Crippen LogP contribution >= 0.6 is 0 Å². The highest BCUT2D eigenvalue weighted by molar-refractivity contribution is 5.84. The Morgan fingerprint density at radius 1 is 1.30 bits per heavy atom. The van der Waals surface area contributed by atoms with Gasteiger partial charge in [0.05, 0.1) is 0 Å². The number of aryl methyl sites for hydroxylation is 1. The standard InChI is InChI=1S/C15H21NO4/c1-10(2)8-12(15(18)19)16-14(17)9-20-13-7-5-4-6-11(13)3/h4-7,10,12H,8-9H2,1-3H3,(H,16,17)(H,18,19). The third kappa shape index (κ3) is 5.30. The summed E-state index contributed by atoms with van der Waals surface area (Å²) in [6, 6.07) is 6.48. The van der Waals surface area contributed by atoms with Gasteiger partial charge in [-0.1, -0.05) is 32.0 Å². The second-order valence-electron chi connectivity index (χ2n) is 5.14. The molecule has 0 saturated carbocycles. The highest BCUT2D eigenvalue weighted by Gasteiger charge is 2.21. The summed E-state index contributed by atoms with van der Waals surface area (Å²) in [5, 5.41) is 11.5. The normalized spacial score (nSPS) is 12.0. The zero-order chi connectivity index (χ0) is 15.1. The summed E-state index contributed by atoms with van der Waals surface area (Å²) >= 11 is 0. The molecule has 0 heterocycles. The second-order valence-corrected chi connectivity index (χ2v) is 5.14. The number of amides is 1. The van der Waals surface area contributed by atoms with Crippen molar-refractivity contribution in [1.29, 1.82) is 0 Å². The van der Waals surface area contributed by atoms with Gasteiger partial charge in [-0.3, -0.25) is 4.79 Å². The van der Waals surface area contributed by atoms with Crippen molar-refractivity contribution in [2.45, 2.75) is 33.2 Å². The van der Waals surface area contributed by atoms with E-state index in [2.05, 4.69) is 5.32 Å². The number of ether oxygens (including phenoxy) is 1. The van der Waals surface area contributed by atoms with E-state index in [1.54, 1.807) is 6.07 Å². The molecule has 0 fully saturated rings. The molecule has 1 rings (SSSR count). The molecule has 1 aromatic carbocycles. The van der Waals surface area contributed by atoms with Crippen LogP contribution in [-0.4, -0.2) is 29.6 Å². The number of carbonyl (C=O) groups excluding carboxylic acids is 1. The smallest absolute Gasteiger partial charge is 0.326 e. The van der Waals surface area contributed by atoms with E-state index in [1.807, 2.05) is 39.0 Å². The number of carbonyl (C=O) groups is 2. The molecule has 0 saturated heterocycles. The molecular formula is C15H21NO4.